The van der Waals surface area contributed by atoms with Crippen LogP contribution >= 0.6 is 23.2 Å². The van der Waals surface area contributed by atoms with E-state index in [2.05, 4.69) is 27.1 Å². The fourth-order valence-electron chi connectivity index (χ4n) is 3.92. The molecule has 1 heterocycles. The molecule has 9 heteroatoms. The summed E-state index contributed by atoms with van der Waals surface area (Å²) >= 11 is 12.0. The van der Waals surface area contributed by atoms with Crippen molar-refractivity contribution in [3.63, 3.8) is 0 Å². The summed E-state index contributed by atoms with van der Waals surface area (Å²) in [5.41, 5.74) is 1.86. The summed E-state index contributed by atoms with van der Waals surface area (Å²) in [5.74, 6) is -0.318. The average Bonchev–Trinajstić information content (AvgIpc) is 2.82. The van der Waals surface area contributed by atoms with E-state index in [1.54, 1.807) is 24.3 Å². The van der Waals surface area contributed by atoms with Gasteiger partial charge in [-0.25, -0.2) is 8.42 Å². The van der Waals surface area contributed by atoms with E-state index in [1.165, 1.54) is 23.8 Å². The van der Waals surface area contributed by atoms with Crippen molar-refractivity contribution in [2.45, 2.75) is 30.3 Å². The number of nitrogens with one attached hydrogen (secondary N) is 2. The van der Waals surface area contributed by atoms with E-state index in [1.807, 2.05) is 18.2 Å². The minimum atomic E-state index is -3.99. The van der Waals surface area contributed by atoms with Crippen molar-refractivity contribution < 1.29 is 13.2 Å². The van der Waals surface area contributed by atoms with Crippen LogP contribution in [0, 0.1) is 0 Å². The summed E-state index contributed by atoms with van der Waals surface area (Å²) in [6.07, 6.45) is 1.66. The van der Waals surface area contributed by atoms with Gasteiger partial charge in [0.15, 0.2) is 0 Å². The zero-order chi connectivity index (χ0) is 24.1. The van der Waals surface area contributed by atoms with Gasteiger partial charge in [0.1, 0.15) is 4.90 Å². The first kappa shape index (κ1) is 24.5. The van der Waals surface area contributed by atoms with Gasteiger partial charge in [0.25, 0.3) is 15.9 Å². The van der Waals surface area contributed by atoms with Crippen LogP contribution < -0.4 is 10.0 Å². The van der Waals surface area contributed by atoms with Crippen molar-refractivity contribution in [1.82, 2.24) is 10.2 Å². The topological polar surface area (TPSA) is 78.5 Å². The molecule has 2 N–H and O–H groups in total. The molecule has 1 amide bonds. The number of carbonyl (C=O) groups excluding carboxylic acids is 1. The van der Waals surface area contributed by atoms with Crippen molar-refractivity contribution in [3.8, 4) is 0 Å². The van der Waals surface area contributed by atoms with E-state index < -0.39 is 10.0 Å². The molecule has 1 aliphatic heterocycles. The second-order valence-electron chi connectivity index (χ2n) is 8.27. The number of amides is 1. The number of anilines is 1. The van der Waals surface area contributed by atoms with Crippen molar-refractivity contribution >= 4 is 44.8 Å². The molecule has 0 saturated carbocycles. The van der Waals surface area contributed by atoms with E-state index in [0.717, 1.165) is 32.5 Å². The van der Waals surface area contributed by atoms with Gasteiger partial charge in [0.2, 0.25) is 0 Å². The number of piperidine rings is 1. The van der Waals surface area contributed by atoms with Gasteiger partial charge in [0, 0.05) is 41.9 Å². The van der Waals surface area contributed by atoms with Crippen LogP contribution in [0.3, 0.4) is 0 Å². The largest absolute Gasteiger partial charge is 0.349 e. The molecule has 1 saturated heterocycles. The Morgan fingerprint density at radius 2 is 1.62 bits per heavy atom. The second-order valence-corrected chi connectivity index (χ2v) is 10.8. The summed E-state index contributed by atoms with van der Waals surface area (Å²) in [7, 11) is -3.99. The quantitative estimate of drug-likeness (QED) is 0.452. The van der Waals surface area contributed by atoms with E-state index in [9.17, 15) is 13.2 Å². The first-order valence-corrected chi connectivity index (χ1v) is 13.2. The third-order valence-electron chi connectivity index (χ3n) is 5.75. The molecular formula is C25H25Cl2N3O3S. The van der Waals surface area contributed by atoms with Gasteiger partial charge in [-0.3, -0.25) is 14.4 Å². The Labute approximate surface area is 209 Å². The molecule has 0 aromatic heterocycles. The molecule has 0 bridgehead atoms. The Kier molecular flexibility index (Phi) is 7.78. The molecule has 3 aromatic rings. The number of likely N-dealkylation sites (tertiary alicyclic amines) is 1. The van der Waals surface area contributed by atoms with Crippen LogP contribution in [-0.4, -0.2) is 38.4 Å². The van der Waals surface area contributed by atoms with Crippen molar-refractivity contribution in [1.29, 1.82) is 0 Å². The molecule has 0 spiro atoms. The molecule has 0 radical (unpaired) electrons. The minimum Gasteiger partial charge on any atom is -0.349 e. The molecule has 0 unspecified atom stereocenters. The van der Waals surface area contributed by atoms with Crippen LogP contribution in [0.25, 0.3) is 0 Å². The zero-order valence-corrected chi connectivity index (χ0v) is 20.7. The standard InChI is InChI=1S/C25H25Cl2N3O3S/c26-20-7-9-22(10-8-20)29-34(32,33)24-16-19(6-11-23(24)27)25(31)28-21-12-14-30(15-13-21)17-18-4-2-1-3-5-18/h1-11,16,21,29H,12-15,17H2,(H,28,31). The highest BCUT2D eigenvalue weighted by molar-refractivity contribution is 7.92. The second kappa shape index (κ2) is 10.8. The van der Waals surface area contributed by atoms with Gasteiger partial charge < -0.3 is 5.32 Å². The lowest BCUT2D eigenvalue weighted by Gasteiger charge is -2.32. The van der Waals surface area contributed by atoms with Crippen molar-refractivity contribution in [3.05, 3.63) is 94.0 Å². The summed E-state index contributed by atoms with van der Waals surface area (Å²) in [4.78, 5) is 15.1. The Morgan fingerprint density at radius 3 is 2.29 bits per heavy atom. The highest BCUT2D eigenvalue weighted by atomic mass is 35.5. The number of hydrogen-bond acceptors (Lipinski definition) is 4. The third-order valence-corrected chi connectivity index (χ3v) is 7.87. The lowest BCUT2D eigenvalue weighted by atomic mass is 10.0. The number of halogens is 2. The number of rotatable bonds is 7. The van der Waals surface area contributed by atoms with E-state index >= 15 is 0 Å². The number of carbonyl (C=O) groups is 1. The van der Waals surface area contributed by atoms with E-state index in [4.69, 9.17) is 23.2 Å². The Morgan fingerprint density at radius 1 is 0.941 bits per heavy atom. The van der Waals surface area contributed by atoms with Gasteiger partial charge in [-0.05, 0) is 60.9 Å². The van der Waals surface area contributed by atoms with Gasteiger partial charge in [-0.2, -0.15) is 0 Å². The monoisotopic (exact) mass is 517 g/mol. The zero-order valence-electron chi connectivity index (χ0n) is 18.4. The maximum absolute atomic E-state index is 12.9. The number of nitrogens with zero attached hydrogens (tertiary/aromatic N) is 1. The molecular weight excluding hydrogens is 493 g/mol. The van der Waals surface area contributed by atoms with E-state index in [-0.39, 0.29) is 27.4 Å². The highest BCUT2D eigenvalue weighted by Gasteiger charge is 2.24. The van der Waals surface area contributed by atoms with Crippen LogP contribution in [0.15, 0.2) is 77.7 Å². The van der Waals surface area contributed by atoms with E-state index in [0.29, 0.717) is 10.7 Å². The summed E-state index contributed by atoms with van der Waals surface area (Å²) in [6.45, 7) is 2.65. The number of sulfonamides is 1. The molecule has 4 rings (SSSR count). The highest BCUT2D eigenvalue weighted by Crippen LogP contribution is 2.26. The summed E-state index contributed by atoms with van der Waals surface area (Å²) in [5, 5.41) is 3.56. The Balaban J connectivity index is 1.38. The van der Waals surface area contributed by atoms with Gasteiger partial charge in [-0.15, -0.1) is 0 Å². The molecule has 6 nitrogen and oxygen atoms in total. The first-order chi connectivity index (χ1) is 16.3. The van der Waals surface area contributed by atoms with Crippen LogP contribution in [0.2, 0.25) is 10.0 Å². The lowest BCUT2D eigenvalue weighted by molar-refractivity contribution is 0.0908. The van der Waals surface area contributed by atoms with Gasteiger partial charge in [0.05, 0.1) is 5.02 Å². The van der Waals surface area contributed by atoms with Crippen molar-refractivity contribution in [2.75, 3.05) is 17.8 Å². The van der Waals surface area contributed by atoms with Crippen LogP contribution in [0.1, 0.15) is 28.8 Å². The Hall–Kier alpha value is -2.58. The maximum atomic E-state index is 12.9. The predicted octanol–water partition coefficient (Wildman–Crippen LogP) is 5.19. The van der Waals surface area contributed by atoms with Crippen LogP contribution in [0.4, 0.5) is 5.69 Å². The molecule has 3 aromatic carbocycles. The minimum absolute atomic E-state index is 0.0300. The molecule has 178 valence electrons. The fourth-order valence-corrected chi connectivity index (χ4v) is 5.64. The summed E-state index contributed by atoms with van der Waals surface area (Å²) < 4.78 is 28.3. The SMILES string of the molecule is O=C(NC1CCN(Cc2ccccc2)CC1)c1ccc(Cl)c(S(=O)(=O)Nc2ccc(Cl)cc2)c1. The fraction of sp³-hybridized carbons (Fsp3) is 0.240. The first-order valence-electron chi connectivity index (χ1n) is 11.0. The van der Waals surface area contributed by atoms with Crippen molar-refractivity contribution in [2.24, 2.45) is 0 Å². The van der Waals surface area contributed by atoms with Gasteiger partial charge in [-0.1, -0.05) is 53.5 Å². The number of benzene rings is 3. The maximum Gasteiger partial charge on any atom is 0.263 e. The smallest absolute Gasteiger partial charge is 0.263 e. The third kappa shape index (κ3) is 6.30. The average molecular weight is 518 g/mol. The summed E-state index contributed by atoms with van der Waals surface area (Å²) in [6, 6.07) is 20.9. The Bertz CT molecular complexity index is 1240. The molecule has 34 heavy (non-hydrogen) atoms. The molecule has 0 atom stereocenters. The molecule has 0 aliphatic carbocycles. The number of hydrogen-bond donors (Lipinski definition) is 2. The van der Waals surface area contributed by atoms with Crippen LogP contribution in [-0.2, 0) is 16.6 Å². The van der Waals surface area contributed by atoms with Crippen LogP contribution in [0.5, 0.6) is 0 Å². The lowest BCUT2D eigenvalue weighted by Crippen LogP contribution is -2.44. The predicted molar refractivity (Wildman–Crippen MR) is 136 cm³/mol. The normalized spacial score (nSPS) is 15.1. The van der Waals surface area contributed by atoms with Gasteiger partial charge >= 0.3 is 0 Å². The molecule has 1 fully saturated rings. The molecule has 1 aliphatic rings.